The molecule has 156 valence electrons. The van der Waals surface area contributed by atoms with Gasteiger partial charge in [0.05, 0.1) is 25.4 Å². The Labute approximate surface area is 172 Å². The molecule has 0 spiro atoms. The summed E-state index contributed by atoms with van der Waals surface area (Å²) in [7, 11) is 0. The monoisotopic (exact) mass is 410 g/mol. The van der Waals surface area contributed by atoms with Gasteiger partial charge in [0.2, 0.25) is 0 Å². The number of aliphatic hydroxyl groups excluding tert-OH is 1. The Hall–Kier alpha value is -3.20. The summed E-state index contributed by atoms with van der Waals surface area (Å²) in [4.78, 5) is 20.9. The highest BCUT2D eigenvalue weighted by Crippen LogP contribution is 2.28. The Morgan fingerprint density at radius 1 is 1.30 bits per heavy atom. The molecule has 3 aromatic rings. The second-order valence-electron chi connectivity index (χ2n) is 7.92. The highest BCUT2D eigenvalue weighted by Gasteiger charge is 2.30. The highest BCUT2D eigenvalue weighted by atomic mass is 19.1. The average Bonchev–Trinajstić information content (AvgIpc) is 3.32. The van der Waals surface area contributed by atoms with E-state index in [2.05, 4.69) is 15.3 Å². The Balaban J connectivity index is 1.36. The first-order chi connectivity index (χ1) is 14.6. The number of nitrogens with one attached hydrogen (secondary N) is 1. The molecule has 2 aliphatic heterocycles. The summed E-state index contributed by atoms with van der Waals surface area (Å²) in [5.41, 5.74) is 2.07. The summed E-state index contributed by atoms with van der Waals surface area (Å²) in [6.45, 7) is 1.54. The molecule has 2 aromatic heterocycles. The maximum absolute atomic E-state index is 13.6. The van der Waals surface area contributed by atoms with Gasteiger partial charge >= 0.3 is 6.03 Å². The number of carbonyl (C=O) groups is 1. The van der Waals surface area contributed by atoms with E-state index in [9.17, 15) is 14.3 Å². The molecule has 9 heteroatoms. The number of anilines is 2. The molecule has 30 heavy (non-hydrogen) atoms. The molecule has 4 heterocycles. The number of amides is 2. The average molecular weight is 410 g/mol. The van der Waals surface area contributed by atoms with Gasteiger partial charge in [-0.15, -0.1) is 0 Å². The number of carbonyl (C=O) groups excluding carboxylic acids is 1. The molecule has 2 saturated heterocycles. The van der Waals surface area contributed by atoms with E-state index in [1.165, 1.54) is 11.0 Å². The predicted molar refractivity (Wildman–Crippen MR) is 110 cm³/mol. The maximum atomic E-state index is 13.6. The second-order valence-corrected chi connectivity index (χ2v) is 7.92. The predicted octanol–water partition coefficient (Wildman–Crippen LogP) is 2.29. The van der Waals surface area contributed by atoms with E-state index >= 15 is 0 Å². The normalized spacial score (nSPS) is 19.3. The lowest BCUT2D eigenvalue weighted by atomic mass is 10.0. The Bertz CT molecular complexity index is 1080. The lowest BCUT2D eigenvalue weighted by molar-refractivity contribution is 0.0309. The Morgan fingerprint density at radius 3 is 2.97 bits per heavy atom. The van der Waals surface area contributed by atoms with Gasteiger partial charge in [-0.3, -0.25) is 0 Å². The van der Waals surface area contributed by atoms with Crippen LogP contribution < -0.4 is 10.2 Å². The zero-order valence-corrected chi connectivity index (χ0v) is 16.4. The number of fused-ring (bicyclic) bond motifs is 1. The van der Waals surface area contributed by atoms with Crippen molar-refractivity contribution in [2.45, 2.75) is 31.4 Å². The molecule has 2 amide bonds. The zero-order chi connectivity index (χ0) is 20.7. The van der Waals surface area contributed by atoms with Crippen LogP contribution in [0.5, 0.6) is 0 Å². The van der Waals surface area contributed by atoms with Crippen molar-refractivity contribution in [3.8, 4) is 0 Å². The molecule has 0 saturated carbocycles. The highest BCUT2D eigenvalue weighted by molar-refractivity contribution is 5.93. The summed E-state index contributed by atoms with van der Waals surface area (Å²) in [6, 6.07) is 8.63. The molecular formula is C21H23FN6O2. The largest absolute Gasteiger partial charge is 0.389 e. The fourth-order valence-corrected chi connectivity index (χ4v) is 4.21. The first-order valence-electron chi connectivity index (χ1n) is 10.2. The summed E-state index contributed by atoms with van der Waals surface area (Å²) in [5, 5.41) is 16.5. The number of halogens is 1. The van der Waals surface area contributed by atoms with Crippen LogP contribution >= 0.6 is 0 Å². The van der Waals surface area contributed by atoms with E-state index in [1.807, 2.05) is 18.3 Å². The number of aliphatic hydroxyl groups is 1. The van der Waals surface area contributed by atoms with E-state index in [0.717, 1.165) is 37.2 Å². The summed E-state index contributed by atoms with van der Waals surface area (Å²) in [6.07, 6.45) is 5.78. The van der Waals surface area contributed by atoms with E-state index in [0.29, 0.717) is 24.4 Å². The van der Waals surface area contributed by atoms with Gasteiger partial charge in [-0.1, -0.05) is 12.1 Å². The van der Waals surface area contributed by atoms with Gasteiger partial charge in [0.1, 0.15) is 17.3 Å². The van der Waals surface area contributed by atoms with Crippen LogP contribution in [0.25, 0.3) is 5.65 Å². The van der Waals surface area contributed by atoms with Gasteiger partial charge in [-0.25, -0.2) is 18.7 Å². The minimum Gasteiger partial charge on any atom is -0.389 e. The molecule has 1 unspecified atom stereocenters. The van der Waals surface area contributed by atoms with E-state index in [4.69, 9.17) is 4.98 Å². The molecule has 2 N–H and O–H groups in total. The van der Waals surface area contributed by atoms with Crippen LogP contribution in [0.15, 0.2) is 42.7 Å². The van der Waals surface area contributed by atoms with Crippen molar-refractivity contribution < 1.29 is 14.3 Å². The van der Waals surface area contributed by atoms with E-state index in [1.54, 1.807) is 22.8 Å². The fourth-order valence-electron chi connectivity index (χ4n) is 4.21. The maximum Gasteiger partial charge on any atom is 0.322 e. The van der Waals surface area contributed by atoms with Crippen LogP contribution in [-0.4, -0.2) is 62.4 Å². The van der Waals surface area contributed by atoms with Gasteiger partial charge in [0.15, 0.2) is 5.65 Å². The van der Waals surface area contributed by atoms with Crippen LogP contribution in [0.3, 0.4) is 0 Å². The van der Waals surface area contributed by atoms with Gasteiger partial charge in [0.25, 0.3) is 0 Å². The lowest BCUT2D eigenvalue weighted by Gasteiger charge is -2.35. The topological polar surface area (TPSA) is 86.0 Å². The number of likely N-dealkylation sites (tertiary alicyclic amines) is 1. The molecular weight excluding hydrogens is 387 g/mol. The van der Waals surface area contributed by atoms with E-state index < -0.39 is 6.10 Å². The molecule has 0 aliphatic carbocycles. The third kappa shape index (κ3) is 3.56. The minimum atomic E-state index is -0.449. The van der Waals surface area contributed by atoms with Crippen molar-refractivity contribution in [2.75, 3.05) is 29.9 Å². The number of rotatable bonds is 4. The number of β-amino-alcohol motifs (C(OH)–C–C–N with tert-alkyl or cyclic N) is 1. The lowest BCUT2D eigenvalue weighted by Crippen LogP contribution is -2.54. The van der Waals surface area contributed by atoms with Gasteiger partial charge < -0.3 is 20.2 Å². The molecule has 2 aliphatic rings. The summed E-state index contributed by atoms with van der Waals surface area (Å²) >= 11 is 0. The Morgan fingerprint density at radius 2 is 2.17 bits per heavy atom. The van der Waals surface area contributed by atoms with Crippen molar-refractivity contribution in [1.29, 1.82) is 0 Å². The number of aromatic nitrogens is 3. The quantitative estimate of drug-likeness (QED) is 0.689. The number of benzene rings is 1. The fraction of sp³-hybridized carbons (Fsp3) is 0.381. The third-order valence-corrected chi connectivity index (χ3v) is 5.78. The summed E-state index contributed by atoms with van der Waals surface area (Å²) in [5.74, 6) is 0.600. The molecule has 1 aromatic carbocycles. The molecule has 2 fully saturated rings. The Kier molecular flexibility index (Phi) is 4.74. The van der Waals surface area contributed by atoms with Crippen LogP contribution in [-0.2, 0) is 6.42 Å². The van der Waals surface area contributed by atoms with Crippen LogP contribution in [0, 0.1) is 5.82 Å². The van der Waals surface area contributed by atoms with Gasteiger partial charge in [-0.2, -0.15) is 5.10 Å². The van der Waals surface area contributed by atoms with Crippen molar-refractivity contribution in [3.63, 3.8) is 0 Å². The smallest absolute Gasteiger partial charge is 0.322 e. The van der Waals surface area contributed by atoms with Crippen LogP contribution in [0.1, 0.15) is 18.4 Å². The third-order valence-electron chi connectivity index (χ3n) is 5.78. The van der Waals surface area contributed by atoms with Crippen molar-refractivity contribution in [2.24, 2.45) is 0 Å². The second kappa shape index (κ2) is 7.56. The standard InChI is InChI=1S/C21H23FN6O2/c22-15-4-1-3-14(9-15)10-16-5-2-7-27(16)19-6-8-28-20(25-19)18(11-23-28)24-21(30)26-12-17(29)13-26/h1,3-4,6,8-9,11,16-17,29H,2,5,7,10,12-13H2,(H,24,30). The number of nitrogens with zero attached hydrogens (tertiary/aromatic N) is 5. The van der Waals surface area contributed by atoms with E-state index in [-0.39, 0.29) is 17.9 Å². The van der Waals surface area contributed by atoms with Gasteiger partial charge in [-0.05, 0) is 43.0 Å². The van der Waals surface area contributed by atoms with Crippen molar-refractivity contribution in [1.82, 2.24) is 19.5 Å². The number of hydrogen-bond acceptors (Lipinski definition) is 5. The zero-order valence-electron chi connectivity index (χ0n) is 16.4. The number of hydrogen-bond donors (Lipinski definition) is 2. The molecule has 1 atom stereocenters. The van der Waals surface area contributed by atoms with Crippen molar-refractivity contribution in [3.05, 3.63) is 54.1 Å². The van der Waals surface area contributed by atoms with Gasteiger partial charge in [0, 0.05) is 18.8 Å². The molecule has 8 nitrogen and oxygen atoms in total. The van der Waals surface area contributed by atoms with Crippen molar-refractivity contribution >= 4 is 23.2 Å². The minimum absolute atomic E-state index is 0.217. The number of urea groups is 1. The first-order valence-corrected chi connectivity index (χ1v) is 10.2. The molecule has 0 radical (unpaired) electrons. The first kappa shape index (κ1) is 18.8. The summed E-state index contributed by atoms with van der Waals surface area (Å²) < 4.78 is 15.2. The van der Waals surface area contributed by atoms with Crippen LogP contribution in [0.2, 0.25) is 0 Å². The SMILES string of the molecule is O=C(Nc1cnn2ccc(N3CCCC3Cc3cccc(F)c3)nc12)N1CC(O)C1. The van der Waals surface area contributed by atoms with Crippen LogP contribution in [0.4, 0.5) is 20.7 Å². The molecule has 5 rings (SSSR count). The molecule has 0 bridgehead atoms.